The summed E-state index contributed by atoms with van der Waals surface area (Å²) in [6.07, 6.45) is 3.38. The van der Waals surface area contributed by atoms with Crippen molar-refractivity contribution in [1.82, 2.24) is 15.0 Å². The fraction of sp³-hybridized carbons (Fsp3) is 0.571. The third-order valence-corrected chi connectivity index (χ3v) is 6.16. The van der Waals surface area contributed by atoms with Crippen LogP contribution < -0.4 is 4.74 Å². The van der Waals surface area contributed by atoms with Gasteiger partial charge in [-0.25, -0.2) is 0 Å². The van der Waals surface area contributed by atoms with Gasteiger partial charge in [0.15, 0.2) is 6.61 Å². The van der Waals surface area contributed by atoms with Crippen molar-refractivity contribution in [3.05, 3.63) is 42.0 Å². The first-order valence-corrected chi connectivity index (χ1v) is 10.00. The van der Waals surface area contributed by atoms with Crippen molar-refractivity contribution in [1.29, 1.82) is 0 Å². The van der Waals surface area contributed by atoms with Crippen molar-refractivity contribution in [3.8, 4) is 5.75 Å². The zero-order chi connectivity index (χ0) is 18.8. The third-order valence-electron chi connectivity index (χ3n) is 6.16. The Hall–Kier alpha value is -2.37. The Morgan fingerprint density at radius 2 is 1.93 bits per heavy atom. The van der Waals surface area contributed by atoms with Gasteiger partial charge in [0.25, 0.3) is 0 Å². The molecule has 1 aromatic carbocycles. The highest BCUT2D eigenvalue weighted by Gasteiger charge is 2.54. The summed E-state index contributed by atoms with van der Waals surface area (Å²) < 4.78 is 11.3. The van der Waals surface area contributed by atoms with Crippen LogP contribution in [0.25, 0.3) is 0 Å². The average molecular weight is 369 g/mol. The monoisotopic (exact) mass is 369 g/mol. The molecule has 1 heterocycles. The lowest BCUT2D eigenvalue weighted by atomic mass is 9.78. The molecule has 6 heteroatoms. The largest absolute Gasteiger partial charge is 0.485 e. The molecule has 27 heavy (non-hydrogen) atoms. The number of amides is 1. The fourth-order valence-electron chi connectivity index (χ4n) is 4.87. The second-order valence-electron chi connectivity index (χ2n) is 7.55. The van der Waals surface area contributed by atoms with Crippen LogP contribution in [0.5, 0.6) is 5.75 Å². The highest BCUT2D eigenvalue weighted by molar-refractivity contribution is 5.80. The smallest absolute Gasteiger partial charge is 0.230 e. The van der Waals surface area contributed by atoms with E-state index in [9.17, 15) is 4.79 Å². The van der Waals surface area contributed by atoms with Gasteiger partial charge in [-0.05, 0) is 57.1 Å². The molecule has 4 atom stereocenters. The first kappa shape index (κ1) is 18.0. The number of aromatic nitrogens is 2. The first-order chi connectivity index (χ1) is 13.2. The van der Waals surface area contributed by atoms with Gasteiger partial charge < -0.3 is 14.2 Å². The minimum atomic E-state index is -0.0213. The number of hydrogen-bond donors (Lipinski definition) is 0. The molecule has 4 rings (SSSR count). The summed E-state index contributed by atoms with van der Waals surface area (Å²) in [6.45, 7) is 5.83. The highest BCUT2D eigenvalue weighted by Crippen LogP contribution is 2.56. The molecule has 1 aromatic heterocycles. The van der Waals surface area contributed by atoms with Crippen LogP contribution in [0.4, 0.5) is 0 Å². The second kappa shape index (κ2) is 7.71. The number of carbonyl (C=O) groups excluding carboxylic acids is 1. The fourth-order valence-corrected chi connectivity index (χ4v) is 4.87. The van der Waals surface area contributed by atoms with Crippen LogP contribution in [0.1, 0.15) is 50.7 Å². The third kappa shape index (κ3) is 3.45. The lowest BCUT2D eigenvalue weighted by molar-refractivity contribution is -0.137. The van der Waals surface area contributed by atoms with Gasteiger partial charge in [-0.2, -0.15) is 4.98 Å². The number of fused-ring (bicyclic) bond motifs is 2. The summed E-state index contributed by atoms with van der Waals surface area (Å²) in [5.74, 6) is 3.12. The SMILES string of the molecule is CCN(CC)C(=O)[C@H]1[C@H]2CC[C@H](C2)[C@@H]1c1nc(COc2ccccc2)no1. The van der Waals surface area contributed by atoms with Crippen molar-refractivity contribution in [3.63, 3.8) is 0 Å². The quantitative estimate of drug-likeness (QED) is 0.745. The maximum absolute atomic E-state index is 13.1. The van der Waals surface area contributed by atoms with E-state index in [-0.39, 0.29) is 24.3 Å². The summed E-state index contributed by atoms with van der Waals surface area (Å²) in [5, 5.41) is 4.10. The maximum Gasteiger partial charge on any atom is 0.230 e. The lowest BCUT2D eigenvalue weighted by Crippen LogP contribution is -2.40. The Morgan fingerprint density at radius 1 is 1.19 bits per heavy atom. The Labute approximate surface area is 159 Å². The molecule has 144 valence electrons. The molecule has 2 aliphatic rings. The van der Waals surface area contributed by atoms with Crippen molar-refractivity contribution in [2.24, 2.45) is 17.8 Å². The molecule has 0 spiro atoms. The van der Waals surface area contributed by atoms with E-state index in [1.807, 2.05) is 49.1 Å². The van der Waals surface area contributed by atoms with Crippen molar-refractivity contribution in [2.45, 2.75) is 45.6 Å². The topological polar surface area (TPSA) is 68.5 Å². The van der Waals surface area contributed by atoms with E-state index in [1.54, 1.807) is 0 Å². The molecule has 2 saturated carbocycles. The molecule has 2 fully saturated rings. The van der Waals surface area contributed by atoms with Gasteiger partial charge in [0, 0.05) is 13.1 Å². The van der Waals surface area contributed by atoms with Crippen LogP contribution in [-0.2, 0) is 11.4 Å². The van der Waals surface area contributed by atoms with Crippen LogP contribution in [0.15, 0.2) is 34.9 Å². The molecule has 2 bridgehead atoms. The molecule has 6 nitrogen and oxygen atoms in total. The Bertz CT molecular complexity index is 772. The summed E-state index contributed by atoms with van der Waals surface area (Å²) in [7, 11) is 0. The van der Waals surface area contributed by atoms with Gasteiger partial charge in [-0.1, -0.05) is 23.4 Å². The zero-order valence-corrected chi connectivity index (χ0v) is 16.0. The molecule has 0 N–H and O–H groups in total. The molecule has 1 amide bonds. The Balaban J connectivity index is 1.49. The number of rotatable bonds is 7. The summed E-state index contributed by atoms with van der Waals surface area (Å²) in [4.78, 5) is 19.6. The number of carbonyl (C=O) groups is 1. The normalized spacial score (nSPS) is 26.3. The zero-order valence-electron chi connectivity index (χ0n) is 16.0. The van der Waals surface area contributed by atoms with Crippen LogP contribution in [0.2, 0.25) is 0 Å². The minimum absolute atomic E-state index is 0.0213. The first-order valence-electron chi connectivity index (χ1n) is 10.00. The second-order valence-corrected chi connectivity index (χ2v) is 7.55. The van der Waals surface area contributed by atoms with Crippen LogP contribution in [0, 0.1) is 17.8 Å². The Kier molecular flexibility index (Phi) is 5.14. The van der Waals surface area contributed by atoms with Gasteiger partial charge in [-0.15, -0.1) is 0 Å². The van der Waals surface area contributed by atoms with Crippen molar-refractivity contribution < 1.29 is 14.1 Å². The molecular formula is C21H27N3O3. The highest BCUT2D eigenvalue weighted by atomic mass is 16.5. The predicted octanol–water partition coefficient (Wildman–Crippen LogP) is 3.65. The van der Waals surface area contributed by atoms with E-state index >= 15 is 0 Å². The van der Waals surface area contributed by atoms with Gasteiger partial charge in [-0.3, -0.25) is 4.79 Å². The number of hydrogen-bond acceptors (Lipinski definition) is 5. The number of ether oxygens (including phenoxy) is 1. The summed E-state index contributed by atoms with van der Waals surface area (Å²) >= 11 is 0. The average Bonchev–Trinajstić information content (AvgIpc) is 3.43. The standard InChI is InChI=1S/C21H27N3O3/c1-3-24(4-2)21(25)19-15-11-10-14(12-15)18(19)20-22-17(23-27-20)13-26-16-8-6-5-7-9-16/h5-9,14-15,18-19H,3-4,10-13H2,1-2H3/t14-,15+,18+,19+/m1/s1. The van der Waals surface area contributed by atoms with E-state index < -0.39 is 0 Å². The molecular weight excluding hydrogens is 342 g/mol. The number of benzene rings is 1. The Morgan fingerprint density at radius 3 is 2.67 bits per heavy atom. The van der Waals surface area contributed by atoms with E-state index in [4.69, 9.17) is 9.26 Å². The van der Waals surface area contributed by atoms with Crippen LogP contribution >= 0.6 is 0 Å². The van der Waals surface area contributed by atoms with E-state index in [2.05, 4.69) is 10.1 Å². The van der Waals surface area contributed by atoms with Crippen molar-refractivity contribution >= 4 is 5.91 Å². The molecule has 2 aliphatic carbocycles. The molecule has 0 unspecified atom stereocenters. The van der Waals surface area contributed by atoms with E-state index in [0.29, 0.717) is 23.6 Å². The van der Waals surface area contributed by atoms with Crippen LogP contribution in [0.3, 0.4) is 0 Å². The maximum atomic E-state index is 13.1. The number of nitrogens with zero attached hydrogens (tertiary/aromatic N) is 3. The molecule has 0 saturated heterocycles. The lowest BCUT2D eigenvalue weighted by Gasteiger charge is -2.31. The van der Waals surface area contributed by atoms with Crippen LogP contribution in [-0.4, -0.2) is 34.0 Å². The summed E-state index contributed by atoms with van der Waals surface area (Å²) in [5.41, 5.74) is 0. The summed E-state index contributed by atoms with van der Waals surface area (Å²) in [6, 6.07) is 9.60. The number of para-hydroxylation sites is 1. The molecule has 2 aromatic rings. The predicted molar refractivity (Wildman–Crippen MR) is 100 cm³/mol. The minimum Gasteiger partial charge on any atom is -0.485 e. The van der Waals surface area contributed by atoms with Gasteiger partial charge in [0.1, 0.15) is 5.75 Å². The van der Waals surface area contributed by atoms with Gasteiger partial charge >= 0.3 is 0 Å². The van der Waals surface area contributed by atoms with Crippen molar-refractivity contribution in [2.75, 3.05) is 13.1 Å². The van der Waals surface area contributed by atoms with E-state index in [0.717, 1.165) is 38.1 Å². The molecule has 0 radical (unpaired) electrons. The van der Waals surface area contributed by atoms with Gasteiger partial charge in [0.2, 0.25) is 17.6 Å². The van der Waals surface area contributed by atoms with Gasteiger partial charge in [0.05, 0.1) is 11.8 Å². The van der Waals surface area contributed by atoms with E-state index in [1.165, 1.54) is 0 Å². The molecule has 0 aliphatic heterocycles.